The second kappa shape index (κ2) is 12.6. The van der Waals surface area contributed by atoms with Crippen LogP contribution in [-0.4, -0.2) is 85.0 Å². The number of amides is 2. The van der Waals surface area contributed by atoms with E-state index in [9.17, 15) is 19.5 Å². The van der Waals surface area contributed by atoms with Crippen molar-refractivity contribution in [3.63, 3.8) is 0 Å². The van der Waals surface area contributed by atoms with Gasteiger partial charge in [-0.3, -0.25) is 14.4 Å². The van der Waals surface area contributed by atoms with Crippen molar-refractivity contribution in [2.24, 2.45) is 0 Å². The van der Waals surface area contributed by atoms with Crippen LogP contribution in [0.1, 0.15) is 20.8 Å². The van der Waals surface area contributed by atoms with Crippen molar-refractivity contribution in [3.05, 3.63) is 46.9 Å². The summed E-state index contributed by atoms with van der Waals surface area (Å²) in [6, 6.07) is 12.7. The molecule has 2 fully saturated rings. The van der Waals surface area contributed by atoms with Gasteiger partial charge >= 0.3 is 5.97 Å². The smallest absolute Gasteiger partial charge is 0.308 e. The minimum absolute atomic E-state index is 0.119. The van der Waals surface area contributed by atoms with Gasteiger partial charge in [0.05, 0.1) is 5.69 Å². The second-order valence-corrected chi connectivity index (χ2v) is 9.56. The number of aromatic hydroxyl groups is 1. The van der Waals surface area contributed by atoms with Crippen LogP contribution in [0, 0.1) is 0 Å². The molecule has 0 radical (unpaired) electrons. The summed E-state index contributed by atoms with van der Waals surface area (Å²) in [6.45, 7) is 10.9. The quantitative estimate of drug-likeness (QED) is 0.455. The third-order valence-corrected chi connectivity index (χ3v) is 6.82. The normalized spacial score (nSPS) is 15.7. The molecule has 2 heterocycles. The lowest BCUT2D eigenvalue weighted by Crippen LogP contribution is -2.48. The van der Waals surface area contributed by atoms with Gasteiger partial charge in [-0.15, -0.1) is 0 Å². The van der Waals surface area contributed by atoms with Crippen LogP contribution in [0.15, 0.2) is 46.9 Å². The van der Waals surface area contributed by atoms with Gasteiger partial charge in [0.1, 0.15) is 11.5 Å². The zero-order valence-corrected chi connectivity index (χ0v) is 22.5. The van der Waals surface area contributed by atoms with Gasteiger partial charge in [0.25, 0.3) is 0 Å². The van der Waals surface area contributed by atoms with Gasteiger partial charge in [0, 0.05) is 83.3 Å². The minimum Gasteiger partial charge on any atom is -0.508 e. The highest BCUT2D eigenvalue weighted by molar-refractivity contribution is 9.10. The molecule has 0 bridgehead atoms. The Bertz CT molecular complexity index is 1060. The number of piperazine rings is 2. The molecule has 2 amide bonds. The van der Waals surface area contributed by atoms with E-state index < -0.39 is 0 Å². The molecular weight excluding hydrogens is 528 g/mol. The molecule has 36 heavy (non-hydrogen) atoms. The summed E-state index contributed by atoms with van der Waals surface area (Å²) < 4.78 is 5.93. The molecule has 0 spiro atoms. The van der Waals surface area contributed by atoms with E-state index in [1.54, 1.807) is 38.1 Å². The number of rotatable bonds is 3. The Balaban J connectivity index is 0.000000205. The summed E-state index contributed by atoms with van der Waals surface area (Å²) in [4.78, 5) is 41.5. The molecule has 9 nitrogen and oxygen atoms in total. The zero-order chi connectivity index (χ0) is 26.2. The number of nitrogens with zero attached hydrogens (tertiary/aromatic N) is 4. The number of halogens is 1. The Morgan fingerprint density at radius 3 is 1.69 bits per heavy atom. The fraction of sp³-hybridized carbons (Fsp3) is 0.423. The van der Waals surface area contributed by atoms with Crippen LogP contribution >= 0.6 is 15.9 Å². The Labute approximate surface area is 220 Å². The maximum atomic E-state index is 11.3. The molecule has 0 atom stereocenters. The molecule has 2 aromatic carbocycles. The van der Waals surface area contributed by atoms with Crippen molar-refractivity contribution < 1.29 is 24.2 Å². The van der Waals surface area contributed by atoms with Crippen molar-refractivity contribution in [1.29, 1.82) is 0 Å². The molecule has 2 aliphatic rings. The van der Waals surface area contributed by atoms with Crippen LogP contribution in [0.25, 0.3) is 0 Å². The molecule has 0 aliphatic carbocycles. The SMILES string of the molecule is CC(=O)N1CCN(c2ccc(O)cc2)CC1.CC(=O)Oc1ccc(N2CCN(C(C)=O)CC2)c(Br)c1. The molecule has 10 heteroatoms. The van der Waals surface area contributed by atoms with E-state index in [0.29, 0.717) is 5.75 Å². The largest absolute Gasteiger partial charge is 0.508 e. The monoisotopic (exact) mass is 560 g/mol. The molecule has 194 valence electrons. The standard InChI is InChI=1S/C14H17BrN2O3.C12H16N2O2/c1-10(18)16-5-7-17(8-6-16)14-4-3-12(9-13(14)15)20-11(2)19;1-10(15)13-6-8-14(9-7-13)11-2-4-12(16)5-3-11/h3-4,9H,5-8H2,1-2H3;2-5,16H,6-9H2,1H3. The topological polar surface area (TPSA) is 93.6 Å². The first-order valence-corrected chi connectivity index (χ1v) is 12.7. The van der Waals surface area contributed by atoms with Crippen molar-refractivity contribution in [2.45, 2.75) is 20.8 Å². The lowest BCUT2D eigenvalue weighted by Gasteiger charge is -2.36. The van der Waals surface area contributed by atoms with Gasteiger partial charge in [-0.25, -0.2) is 0 Å². The third kappa shape index (κ3) is 7.61. The van der Waals surface area contributed by atoms with Crippen molar-refractivity contribution >= 4 is 45.1 Å². The fourth-order valence-corrected chi connectivity index (χ4v) is 4.79. The fourth-order valence-electron chi connectivity index (χ4n) is 4.18. The summed E-state index contributed by atoms with van der Waals surface area (Å²) in [5, 5.41) is 9.20. The summed E-state index contributed by atoms with van der Waals surface area (Å²) in [5.41, 5.74) is 2.14. The van der Waals surface area contributed by atoms with Crippen LogP contribution in [0.4, 0.5) is 11.4 Å². The van der Waals surface area contributed by atoms with Crippen molar-refractivity contribution in [2.75, 3.05) is 62.2 Å². The van der Waals surface area contributed by atoms with E-state index >= 15 is 0 Å². The summed E-state index contributed by atoms with van der Waals surface area (Å²) in [7, 11) is 0. The number of hydrogen-bond acceptors (Lipinski definition) is 7. The average molecular weight is 561 g/mol. The first kappa shape index (κ1) is 27.3. The van der Waals surface area contributed by atoms with Crippen LogP contribution in [-0.2, 0) is 14.4 Å². The average Bonchev–Trinajstić information content (AvgIpc) is 2.85. The predicted octanol–water partition coefficient (Wildman–Crippen LogP) is 3.10. The number of anilines is 2. The van der Waals surface area contributed by atoms with Crippen LogP contribution in [0.5, 0.6) is 11.5 Å². The van der Waals surface area contributed by atoms with Gasteiger partial charge in [0.15, 0.2) is 0 Å². The van der Waals surface area contributed by atoms with E-state index in [1.807, 2.05) is 28.0 Å². The van der Waals surface area contributed by atoms with Gasteiger partial charge in [-0.05, 0) is 58.4 Å². The summed E-state index contributed by atoms with van der Waals surface area (Å²) >= 11 is 3.50. The van der Waals surface area contributed by atoms with Gasteiger partial charge in [0.2, 0.25) is 11.8 Å². The highest BCUT2D eigenvalue weighted by Gasteiger charge is 2.21. The number of carbonyl (C=O) groups is 3. The number of carbonyl (C=O) groups excluding carboxylic acids is 3. The lowest BCUT2D eigenvalue weighted by molar-refractivity contribution is -0.132. The van der Waals surface area contributed by atoms with Crippen LogP contribution in [0.2, 0.25) is 0 Å². The number of hydrogen-bond donors (Lipinski definition) is 1. The highest BCUT2D eigenvalue weighted by atomic mass is 79.9. The maximum Gasteiger partial charge on any atom is 0.308 e. The first-order chi connectivity index (χ1) is 17.1. The molecule has 4 rings (SSSR count). The Kier molecular flexibility index (Phi) is 9.58. The minimum atomic E-state index is -0.334. The third-order valence-electron chi connectivity index (χ3n) is 6.19. The predicted molar refractivity (Wildman–Crippen MR) is 142 cm³/mol. The number of phenolic OH excluding ortho intramolecular Hbond substituents is 1. The molecule has 2 saturated heterocycles. The first-order valence-electron chi connectivity index (χ1n) is 11.9. The molecule has 0 saturated carbocycles. The van der Waals surface area contributed by atoms with E-state index in [1.165, 1.54) is 6.92 Å². The maximum absolute atomic E-state index is 11.3. The number of ether oxygens (including phenoxy) is 1. The van der Waals surface area contributed by atoms with Gasteiger partial charge in [-0.2, -0.15) is 0 Å². The highest BCUT2D eigenvalue weighted by Crippen LogP contribution is 2.31. The second-order valence-electron chi connectivity index (χ2n) is 8.71. The summed E-state index contributed by atoms with van der Waals surface area (Å²) in [6.07, 6.45) is 0. The van der Waals surface area contributed by atoms with Crippen molar-refractivity contribution in [1.82, 2.24) is 9.80 Å². The number of esters is 1. The van der Waals surface area contributed by atoms with Crippen LogP contribution < -0.4 is 14.5 Å². The Hall–Kier alpha value is -3.27. The van der Waals surface area contributed by atoms with E-state index in [-0.39, 0.29) is 23.5 Å². The molecule has 2 aromatic rings. The molecule has 2 aliphatic heterocycles. The number of phenols is 1. The Morgan fingerprint density at radius 2 is 1.25 bits per heavy atom. The molecule has 1 N–H and O–H groups in total. The van der Waals surface area contributed by atoms with Crippen LogP contribution in [0.3, 0.4) is 0 Å². The van der Waals surface area contributed by atoms with Gasteiger partial charge < -0.3 is 29.4 Å². The van der Waals surface area contributed by atoms with E-state index in [0.717, 1.165) is 68.2 Å². The number of benzene rings is 2. The summed E-state index contributed by atoms with van der Waals surface area (Å²) in [5.74, 6) is 0.737. The molecule has 0 aromatic heterocycles. The molecule has 0 unspecified atom stereocenters. The van der Waals surface area contributed by atoms with E-state index in [2.05, 4.69) is 25.7 Å². The lowest BCUT2D eigenvalue weighted by atomic mass is 10.2. The van der Waals surface area contributed by atoms with E-state index in [4.69, 9.17) is 4.74 Å². The van der Waals surface area contributed by atoms with Crippen molar-refractivity contribution in [3.8, 4) is 11.5 Å². The van der Waals surface area contributed by atoms with Gasteiger partial charge in [-0.1, -0.05) is 0 Å². The Morgan fingerprint density at radius 1 is 0.750 bits per heavy atom. The zero-order valence-electron chi connectivity index (χ0n) is 20.9. The molecular formula is C26H33BrN4O5.